The molecule has 5 heteroatoms. The summed E-state index contributed by atoms with van der Waals surface area (Å²) in [5.74, 6) is -1.12. The highest BCUT2D eigenvalue weighted by molar-refractivity contribution is 5.94. The number of nitrogens with one attached hydrogen (secondary N) is 1. The molecule has 1 aromatic rings. The summed E-state index contributed by atoms with van der Waals surface area (Å²) in [7, 11) is 0. The number of carboxylic acid groups (broad SMARTS) is 1. The Morgan fingerprint density at radius 3 is 2.61 bits per heavy atom. The fourth-order valence-electron chi connectivity index (χ4n) is 1.58. The first kappa shape index (κ1) is 14.2. The van der Waals surface area contributed by atoms with Gasteiger partial charge in [-0.15, -0.1) is 0 Å². The zero-order valence-corrected chi connectivity index (χ0v) is 10.8. The molecule has 2 N–H and O–H groups in total. The number of aromatic nitrogens is 1. The van der Waals surface area contributed by atoms with Crippen LogP contribution in [0.3, 0.4) is 0 Å². The molecule has 1 unspecified atom stereocenters. The van der Waals surface area contributed by atoms with E-state index in [9.17, 15) is 9.59 Å². The molecule has 18 heavy (non-hydrogen) atoms. The van der Waals surface area contributed by atoms with Crippen LogP contribution >= 0.6 is 0 Å². The predicted molar refractivity (Wildman–Crippen MR) is 67.3 cm³/mol. The van der Waals surface area contributed by atoms with Crippen LogP contribution in [-0.4, -0.2) is 28.0 Å². The lowest BCUT2D eigenvalue weighted by Crippen LogP contribution is -2.40. The van der Waals surface area contributed by atoms with Crippen molar-refractivity contribution >= 4 is 11.9 Å². The first-order chi connectivity index (χ1) is 8.40. The summed E-state index contributed by atoms with van der Waals surface area (Å²) in [5, 5.41) is 11.5. The molecule has 0 fully saturated rings. The van der Waals surface area contributed by atoms with Crippen molar-refractivity contribution < 1.29 is 14.7 Å². The highest BCUT2D eigenvalue weighted by Gasteiger charge is 2.20. The quantitative estimate of drug-likeness (QED) is 0.832. The molecular weight excluding hydrogens is 232 g/mol. The van der Waals surface area contributed by atoms with Crippen molar-refractivity contribution in [3.63, 3.8) is 0 Å². The average Bonchev–Trinajstić information content (AvgIpc) is 2.27. The fourth-order valence-corrected chi connectivity index (χ4v) is 1.58. The Hall–Kier alpha value is -1.91. The number of hydrogen-bond donors (Lipinski definition) is 2. The number of hydrogen-bond acceptors (Lipinski definition) is 3. The number of nitrogens with zero attached hydrogens (tertiary/aromatic N) is 1. The monoisotopic (exact) mass is 250 g/mol. The summed E-state index contributed by atoms with van der Waals surface area (Å²) in [4.78, 5) is 26.7. The number of carbonyl (C=O) groups excluding carboxylic acids is 1. The van der Waals surface area contributed by atoms with Crippen molar-refractivity contribution in [1.82, 2.24) is 10.3 Å². The van der Waals surface area contributed by atoms with E-state index in [1.54, 1.807) is 25.3 Å². The average molecular weight is 250 g/mol. The van der Waals surface area contributed by atoms with Crippen LogP contribution in [-0.2, 0) is 4.79 Å². The van der Waals surface area contributed by atoms with Gasteiger partial charge in [0.2, 0.25) is 0 Å². The van der Waals surface area contributed by atoms with E-state index >= 15 is 0 Å². The molecule has 98 valence electrons. The minimum atomic E-state index is -0.917. The summed E-state index contributed by atoms with van der Waals surface area (Å²) in [6.45, 7) is 5.56. The molecule has 0 saturated heterocycles. The van der Waals surface area contributed by atoms with E-state index in [2.05, 4.69) is 10.3 Å². The molecule has 0 aliphatic carbocycles. The van der Waals surface area contributed by atoms with Gasteiger partial charge >= 0.3 is 5.97 Å². The van der Waals surface area contributed by atoms with Crippen LogP contribution in [0.1, 0.15) is 36.3 Å². The van der Waals surface area contributed by atoms with Crippen LogP contribution < -0.4 is 5.32 Å². The van der Waals surface area contributed by atoms with Crippen molar-refractivity contribution in [2.75, 3.05) is 0 Å². The largest absolute Gasteiger partial charge is 0.481 e. The zero-order valence-electron chi connectivity index (χ0n) is 10.8. The van der Waals surface area contributed by atoms with Gasteiger partial charge in [0, 0.05) is 23.5 Å². The lowest BCUT2D eigenvalue weighted by molar-refractivity contribution is -0.137. The van der Waals surface area contributed by atoms with E-state index in [1.807, 2.05) is 13.8 Å². The van der Waals surface area contributed by atoms with E-state index in [1.165, 1.54) is 0 Å². The molecule has 1 rings (SSSR count). The molecule has 0 saturated carbocycles. The Morgan fingerprint density at radius 1 is 1.44 bits per heavy atom. The van der Waals surface area contributed by atoms with Crippen molar-refractivity contribution in [3.05, 3.63) is 29.6 Å². The molecule has 1 amide bonds. The van der Waals surface area contributed by atoms with Gasteiger partial charge in [-0.3, -0.25) is 14.6 Å². The first-order valence-corrected chi connectivity index (χ1v) is 5.85. The van der Waals surface area contributed by atoms with Crippen LogP contribution in [0.2, 0.25) is 0 Å². The topological polar surface area (TPSA) is 79.3 Å². The van der Waals surface area contributed by atoms with Gasteiger partial charge in [-0.25, -0.2) is 0 Å². The third-order valence-corrected chi connectivity index (χ3v) is 2.67. The number of aryl methyl sites for hydroxylation is 1. The van der Waals surface area contributed by atoms with Crippen LogP contribution in [0.15, 0.2) is 18.3 Å². The molecule has 5 nitrogen and oxygen atoms in total. The van der Waals surface area contributed by atoms with E-state index < -0.39 is 5.97 Å². The summed E-state index contributed by atoms with van der Waals surface area (Å²) >= 11 is 0. The van der Waals surface area contributed by atoms with Crippen LogP contribution in [0.4, 0.5) is 0 Å². The van der Waals surface area contributed by atoms with Gasteiger partial charge in [0.05, 0.1) is 6.42 Å². The molecule has 0 aliphatic heterocycles. The number of carboxylic acids is 1. The molecule has 1 heterocycles. The number of amides is 1. The number of aliphatic carboxylic acids is 1. The number of rotatable bonds is 5. The third-order valence-electron chi connectivity index (χ3n) is 2.67. The van der Waals surface area contributed by atoms with Crippen LogP contribution in [0.25, 0.3) is 0 Å². The second-order valence-electron chi connectivity index (χ2n) is 4.61. The third kappa shape index (κ3) is 4.16. The molecule has 0 aromatic carbocycles. The number of carbonyl (C=O) groups is 2. The van der Waals surface area contributed by atoms with Crippen molar-refractivity contribution in [2.45, 2.75) is 33.2 Å². The normalized spacial score (nSPS) is 12.2. The predicted octanol–water partition coefficient (Wildman–Crippen LogP) is 1.62. The maximum atomic E-state index is 12.0. The Bertz CT molecular complexity index is 444. The van der Waals surface area contributed by atoms with Gasteiger partial charge in [0.15, 0.2) is 0 Å². The summed E-state index contributed by atoms with van der Waals surface area (Å²) in [6.07, 6.45) is 1.49. The second kappa shape index (κ2) is 6.14. The van der Waals surface area contributed by atoms with Gasteiger partial charge in [-0.05, 0) is 25.0 Å². The SMILES string of the molecule is Cc1cc(C(=O)NC(CC(=O)O)C(C)C)ccn1. The summed E-state index contributed by atoms with van der Waals surface area (Å²) in [6, 6.07) is 2.91. The highest BCUT2D eigenvalue weighted by Crippen LogP contribution is 2.08. The Kier molecular flexibility index (Phi) is 4.83. The molecule has 0 spiro atoms. The van der Waals surface area contributed by atoms with Crippen molar-refractivity contribution in [2.24, 2.45) is 5.92 Å². The molecule has 1 atom stereocenters. The van der Waals surface area contributed by atoms with Crippen LogP contribution in [0.5, 0.6) is 0 Å². The molecule has 0 radical (unpaired) electrons. The van der Waals surface area contributed by atoms with E-state index in [0.29, 0.717) is 5.56 Å². The smallest absolute Gasteiger partial charge is 0.305 e. The van der Waals surface area contributed by atoms with E-state index in [-0.39, 0.29) is 24.3 Å². The van der Waals surface area contributed by atoms with Gasteiger partial charge in [-0.2, -0.15) is 0 Å². The van der Waals surface area contributed by atoms with E-state index in [0.717, 1.165) is 5.69 Å². The second-order valence-corrected chi connectivity index (χ2v) is 4.61. The highest BCUT2D eigenvalue weighted by atomic mass is 16.4. The van der Waals surface area contributed by atoms with Crippen LogP contribution in [0, 0.1) is 12.8 Å². The number of pyridine rings is 1. The maximum absolute atomic E-state index is 12.0. The lowest BCUT2D eigenvalue weighted by Gasteiger charge is -2.20. The minimum absolute atomic E-state index is 0.0629. The van der Waals surface area contributed by atoms with E-state index in [4.69, 9.17) is 5.11 Å². The first-order valence-electron chi connectivity index (χ1n) is 5.85. The Balaban J connectivity index is 2.75. The standard InChI is InChI=1S/C13H18N2O3/c1-8(2)11(7-12(16)17)15-13(18)10-4-5-14-9(3)6-10/h4-6,8,11H,7H2,1-3H3,(H,15,18)(H,16,17). The summed E-state index contributed by atoms with van der Waals surface area (Å²) < 4.78 is 0. The van der Waals surface area contributed by atoms with Gasteiger partial charge in [-0.1, -0.05) is 13.8 Å². The van der Waals surface area contributed by atoms with Gasteiger partial charge in [0.25, 0.3) is 5.91 Å². The maximum Gasteiger partial charge on any atom is 0.305 e. The lowest BCUT2D eigenvalue weighted by atomic mass is 10.0. The molecule has 1 aromatic heterocycles. The fraction of sp³-hybridized carbons (Fsp3) is 0.462. The Labute approximate surface area is 106 Å². The zero-order chi connectivity index (χ0) is 13.7. The van der Waals surface area contributed by atoms with Gasteiger partial charge < -0.3 is 10.4 Å². The molecule has 0 aliphatic rings. The van der Waals surface area contributed by atoms with Crippen molar-refractivity contribution in [3.8, 4) is 0 Å². The van der Waals surface area contributed by atoms with Crippen molar-refractivity contribution in [1.29, 1.82) is 0 Å². The Morgan fingerprint density at radius 2 is 2.11 bits per heavy atom. The summed E-state index contributed by atoms with van der Waals surface area (Å²) in [5.41, 5.74) is 1.25. The molecular formula is C13H18N2O3. The minimum Gasteiger partial charge on any atom is -0.481 e. The molecule has 0 bridgehead atoms. The van der Waals surface area contributed by atoms with Gasteiger partial charge in [0.1, 0.15) is 0 Å².